The second-order valence-corrected chi connectivity index (χ2v) is 5.52. The molecule has 21 heavy (non-hydrogen) atoms. The Labute approximate surface area is 125 Å². The Hall–Kier alpha value is -1.67. The van der Waals surface area contributed by atoms with Crippen LogP contribution in [0.4, 0.5) is 17.8 Å². The SMILES string of the molecule is CC(C)COCCNc1nc(NN)nc(N2CCCC2)n1. The van der Waals surface area contributed by atoms with Gasteiger partial charge in [0.25, 0.3) is 0 Å². The van der Waals surface area contributed by atoms with Crippen LogP contribution in [0, 0.1) is 5.92 Å². The number of ether oxygens (including phenoxy) is 1. The van der Waals surface area contributed by atoms with Crippen molar-refractivity contribution < 1.29 is 4.74 Å². The molecule has 1 saturated heterocycles. The molecule has 0 saturated carbocycles. The molecule has 4 N–H and O–H groups in total. The molecule has 1 fully saturated rings. The number of anilines is 3. The molecular formula is C13H25N7O. The highest BCUT2D eigenvalue weighted by Crippen LogP contribution is 2.18. The van der Waals surface area contributed by atoms with Crippen molar-refractivity contribution in [2.24, 2.45) is 11.8 Å². The maximum atomic E-state index is 5.52. The van der Waals surface area contributed by atoms with Crippen LogP contribution in [0.25, 0.3) is 0 Å². The van der Waals surface area contributed by atoms with Crippen LogP contribution in [0.3, 0.4) is 0 Å². The number of nitrogens with zero attached hydrogens (tertiary/aromatic N) is 4. The van der Waals surface area contributed by atoms with Crippen LogP contribution < -0.4 is 21.5 Å². The standard InChI is InChI=1S/C13H25N7O/c1-10(2)9-21-8-5-15-11-16-12(19-14)18-13(17-11)20-6-3-4-7-20/h10H,3-9,14H2,1-2H3,(H2,15,16,17,18,19). The normalized spacial score (nSPS) is 14.8. The molecule has 8 heteroatoms. The molecule has 1 aliphatic heterocycles. The van der Waals surface area contributed by atoms with Gasteiger partial charge in [-0.25, -0.2) is 5.84 Å². The molecule has 1 aromatic rings. The maximum Gasteiger partial charge on any atom is 0.243 e. The first-order valence-corrected chi connectivity index (χ1v) is 7.48. The molecular weight excluding hydrogens is 270 g/mol. The van der Waals surface area contributed by atoms with E-state index in [9.17, 15) is 0 Å². The van der Waals surface area contributed by atoms with E-state index < -0.39 is 0 Å². The second-order valence-electron chi connectivity index (χ2n) is 5.52. The van der Waals surface area contributed by atoms with Crippen LogP contribution in [0.15, 0.2) is 0 Å². The highest BCUT2D eigenvalue weighted by atomic mass is 16.5. The highest BCUT2D eigenvalue weighted by molar-refractivity contribution is 5.43. The molecule has 2 rings (SSSR count). The Balaban J connectivity index is 1.90. The van der Waals surface area contributed by atoms with Crippen molar-refractivity contribution >= 4 is 17.8 Å². The van der Waals surface area contributed by atoms with E-state index in [2.05, 4.69) is 44.4 Å². The Morgan fingerprint density at radius 3 is 2.57 bits per heavy atom. The summed E-state index contributed by atoms with van der Waals surface area (Å²) >= 11 is 0. The van der Waals surface area contributed by atoms with Gasteiger partial charge in [0.2, 0.25) is 17.8 Å². The number of nitrogens with two attached hydrogens (primary N) is 1. The lowest BCUT2D eigenvalue weighted by Crippen LogP contribution is -2.23. The molecule has 1 aliphatic rings. The monoisotopic (exact) mass is 295 g/mol. The van der Waals surface area contributed by atoms with E-state index in [0.717, 1.165) is 19.7 Å². The van der Waals surface area contributed by atoms with Gasteiger partial charge in [0, 0.05) is 26.2 Å². The molecule has 0 atom stereocenters. The molecule has 0 spiro atoms. The third-order valence-electron chi connectivity index (χ3n) is 3.12. The fourth-order valence-electron chi connectivity index (χ4n) is 2.12. The van der Waals surface area contributed by atoms with Crippen molar-refractivity contribution in [1.82, 2.24) is 15.0 Å². The molecule has 118 valence electrons. The molecule has 0 radical (unpaired) electrons. The topological polar surface area (TPSA) is 101 Å². The van der Waals surface area contributed by atoms with Gasteiger partial charge in [0.1, 0.15) is 0 Å². The number of hydrogen-bond acceptors (Lipinski definition) is 8. The average Bonchev–Trinajstić information content (AvgIpc) is 3.00. The maximum absolute atomic E-state index is 5.52. The summed E-state index contributed by atoms with van der Waals surface area (Å²) in [6.07, 6.45) is 2.34. The summed E-state index contributed by atoms with van der Waals surface area (Å²) in [5, 5.41) is 3.15. The molecule has 0 amide bonds. The van der Waals surface area contributed by atoms with Crippen LogP contribution in [-0.2, 0) is 4.74 Å². The number of nitrogen functional groups attached to an aromatic ring is 1. The van der Waals surface area contributed by atoms with E-state index in [0.29, 0.717) is 36.9 Å². The van der Waals surface area contributed by atoms with Crippen LogP contribution in [0.2, 0.25) is 0 Å². The smallest absolute Gasteiger partial charge is 0.243 e. The third kappa shape index (κ3) is 4.98. The first-order chi connectivity index (χ1) is 10.2. The van der Waals surface area contributed by atoms with Crippen LogP contribution in [0.5, 0.6) is 0 Å². The quantitative estimate of drug-likeness (QED) is 0.368. The predicted molar refractivity (Wildman–Crippen MR) is 83.2 cm³/mol. The minimum absolute atomic E-state index is 0.373. The first kappa shape index (κ1) is 15.7. The summed E-state index contributed by atoms with van der Waals surface area (Å²) in [6, 6.07) is 0. The van der Waals surface area contributed by atoms with Crippen molar-refractivity contribution in [2.45, 2.75) is 26.7 Å². The lowest BCUT2D eigenvalue weighted by Gasteiger charge is -2.16. The Morgan fingerprint density at radius 1 is 1.19 bits per heavy atom. The van der Waals surface area contributed by atoms with Crippen LogP contribution in [0.1, 0.15) is 26.7 Å². The number of hydrogen-bond donors (Lipinski definition) is 3. The van der Waals surface area contributed by atoms with Crippen LogP contribution in [-0.4, -0.2) is 47.8 Å². The van der Waals surface area contributed by atoms with Gasteiger partial charge in [-0.3, -0.25) is 5.43 Å². The van der Waals surface area contributed by atoms with E-state index in [1.54, 1.807) is 0 Å². The van der Waals surface area contributed by atoms with Crippen molar-refractivity contribution in [1.29, 1.82) is 0 Å². The van der Waals surface area contributed by atoms with E-state index in [-0.39, 0.29) is 0 Å². The van der Waals surface area contributed by atoms with Gasteiger partial charge in [-0.15, -0.1) is 0 Å². The number of aromatic nitrogens is 3. The van der Waals surface area contributed by atoms with Crippen molar-refractivity contribution in [3.63, 3.8) is 0 Å². The van der Waals surface area contributed by atoms with Gasteiger partial charge < -0.3 is 15.0 Å². The summed E-state index contributed by atoms with van der Waals surface area (Å²) in [7, 11) is 0. The van der Waals surface area contributed by atoms with Gasteiger partial charge >= 0.3 is 0 Å². The fourth-order valence-corrected chi connectivity index (χ4v) is 2.12. The molecule has 1 aromatic heterocycles. The van der Waals surface area contributed by atoms with Gasteiger partial charge in [0.15, 0.2) is 0 Å². The summed E-state index contributed by atoms with van der Waals surface area (Å²) in [5.41, 5.74) is 2.49. The largest absolute Gasteiger partial charge is 0.379 e. The number of hydrazine groups is 1. The molecule has 8 nitrogen and oxygen atoms in total. The van der Waals surface area contributed by atoms with Gasteiger partial charge in [-0.2, -0.15) is 15.0 Å². The number of rotatable bonds is 8. The van der Waals surface area contributed by atoms with Crippen molar-refractivity contribution in [3.05, 3.63) is 0 Å². The second kappa shape index (κ2) is 7.94. The summed E-state index contributed by atoms with van der Waals surface area (Å²) in [4.78, 5) is 15.1. The molecule has 0 bridgehead atoms. The Morgan fingerprint density at radius 2 is 1.90 bits per heavy atom. The van der Waals surface area contributed by atoms with E-state index in [4.69, 9.17) is 10.6 Å². The zero-order chi connectivity index (χ0) is 15.1. The minimum atomic E-state index is 0.373. The highest BCUT2D eigenvalue weighted by Gasteiger charge is 2.17. The summed E-state index contributed by atoms with van der Waals surface area (Å²) in [5.74, 6) is 7.52. The summed E-state index contributed by atoms with van der Waals surface area (Å²) < 4.78 is 5.52. The fraction of sp³-hybridized carbons (Fsp3) is 0.769. The number of nitrogens with one attached hydrogen (secondary N) is 2. The van der Waals surface area contributed by atoms with Crippen molar-refractivity contribution in [2.75, 3.05) is 48.5 Å². The average molecular weight is 295 g/mol. The lowest BCUT2D eigenvalue weighted by molar-refractivity contribution is 0.118. The van der Waals surface area contributed by atoms with Gasteiger partial charge in [0.05, 0.1) is 6.61 Å². The van der Waals surface area contributed by atoms with Gasteiger partial charge in [-0.05, 0) is 18.8 Å². The van der Waals surface area contributed by atoms with E-state index in [1.807, 2.05) is 0 Å². The van der Waals surface area contributed by atoms with Gasteiger partial charge in [-0.1, -0.05) is 13.8 Å². The van der Waals surface area contributed by atoms with Crippen LogP contribution >= 0.6 is 0 Å². The zero-order valence-corrected chi connectivity index (χ0v) is 12.8. The lowest BCUT2D eigenvalue weighted by atomic mass is 10.2. The molecule has 2 heterocycles. The minimum Gasteiger partial charge on any atom is -0.379 e. The first-order valence-electron chi connectivity index (χ1n) is 7.48. The van der Waals surface area contributed by atoms with E-state index >= 15 is 0 Å². The Bertz CT molecular complexity index is 435. The molecule has 0 aromatic carbocycles. The van der Waals surface area contributed by atoms with Crippen molar-refractivity contribution in [3.8, 4) is 0 Å². The zero-order valence-electron chi connectivity index (χ0n) is 12.8. The summed E-state index contributed by atoms with van der Waals surface area (Å²) in [6.45, 7) is 8.24. The Kier molecular flexibility index (Phi) is 5.94. The predicted octanol–water partition coefficient (Wildman–Crippen LogP) is 0.842. The molecule has 0 unspecified atom stereocenters. The molecule has 0 aliphatic carbocycles. The third-order valence-corrected chi connectivity index (χ3v) is 3.12. The van der Waals surface area contributed by atoms with E-state index in [1.165, 1.54) is 12.8 Å².